The quantitative estimate of drug-likeness (QED) is 0.528. The molecule has 3 heterocycles. The van der Waals surface area contributed by atoms with Crippen LogP contribution in [-0.4, -0.2) is 42.1 Å². The summed E-state index contributed by atoms with van der Waals surface area (Å²) >= 11 is 0. The Bertz CT molecular complexity index is 639. The fraction of sp³-hybridized carbons (Fsp3) is 0.286. The SMILES string of the molecule is COc1nn2nnnc2c2cnn(C)c12. The van der Waals surface area contributed by atoms with Gasteiger partial charge in [-0.05, 0) is 10.4 Å². The first kappa shape index (κ1) is 8.09. The summed E-state index contributed by atoms with van der Waals surface area (Å²) < 4.78 is 8.15. The lowest BCUT2D eigenvalue weighted by Gasteiger charge is -2.01. The Kier molecular flexibility index (Phi) is 1.42. The molecule has 0 saturated carbocycles. The lowest BCUT2D eigenvalue weighted by molar-refractivity contribution is 0.390. The van der Waals surface area contributed by atoms with Gasteiger partial charge in [0.1, 0.15) is 5.52 Å². The van der Waals surface area contributed by atoms with E-state index in [2.05, 4.69) is 25.7 Å². The van der Waals surface area contributed by atoms with Crippen molar-refractivity contribution in [2.45, 2.75) is 0 Å². The van der Waals surface area contributed by atoms with Crippen molar-refractivity contribution in [3.63, 3.8) is 0 Å². The molecule has 0 saturated heterocycles. The molecule has 0 radical (unpaired) electrons. The van der Waals surface area contributed by atoms with Crippen LogP contribution in [0.5, 0.6) is 5.88 Å². The Morgan fingerprint density at radius 2 is 2.27 bits per heavy atom. The summed E-state index contributed by atoms with van der Waals surface area (Å²) in [6, 6.07) is 0. The molecule has 0 spiro atoms. The summed E-state index contributed by atoms with van der Waals surface area (Å²) in [6.45, 7) is 0. The van der Waals surface area contributed by atoms with Crippen LogP contribution in [0.1, 0.15) is 0 Å². The predicted molar refractivity (Wildman–Crippen MR) is 49.4 cm³/mol. The summed E-state index contributed by atoms with van der Waals surface area (Å²) in [6.07, 6.45) is 1.69. The van der Waals surface area contributed by atoms with Crippen LogP contribution in [-0.2, 0) is 7.05 Å². The summed E-state index contributed by atoms with van der Waals surface area (Å²) in [7, 11) is 3.36. The molecule has 15 heavy (non-hydrogen) atoms. The Morgan fingerprint density at radius 1 is 1.40 bits per heavy atom. The third kappa shape index (κ3) is 0.925. The highest BCUT2D eigenvalue weighted by atomic mass is 16.5. The number of aryl methyl sites for hydroxylation is 1. The molecule has 76 valence electrons. The summed E-state index contributed by atoms with van der Waals surface area (Å²) in [5.41, 5.74) is 1.35. The van der Waals surface area contributed by atoms with Gasteiger partial charge in [-0.15, -0.1) is 14.8 Å². The molecule has 3 aromatic heterocycles. The number of methoxy groups -OCH3 is 1. The number of ether oxygens (including phenoxy) is 1. The van der Waals surface area contributed by atoms with Crippen molar-refractivity contribution in [1.82, 2.24) is 35.0 Å². The molecule has 0 unspecified atom stereocenters. The largest absolute Gasteiger partial charge is 0.478 e. The highest BCUT2D eigenvalue weighted by Crippen LogP contribution is 2.23. The minimum absolute atomic E-state index is 0.449. The van der Waals surface area contributed by atoms with Crippen LogP contribution in [0, 0.1) is 0 Å². The number of nitrogens with zero attached hydrogens (tertiary/aromatic N) is 7. The third-order valence-corrected chi connectivity index (χ3v) is 2.21. The average Bonchev–Trinajstić information content (AvgIpc) is 2.83. The molecule has 0 aliphatic rings. The number of fused-ring (bicyclic) bond motifs is 3. The molecule has 0 aliphatic heterocycles. The molecule has 0 aliphatic carbocycles. The van der Waals surface area contributed by atoms with Crippen molar-refractivity contribution < 1.29 is 4.74 Å². The van der Waals surface area contributed by atoms with Crippen LogP contribution >= 0.6 is 0 Å². The van der Waals surface area contributed by atoms with Gasteiger partial charge in [0.2, 0.25) is 5.65 Å². The van der Waals surface area contributed by atoms with Crippen molar-refractivity contribution in [3.8, 4) is 5.88 Å². The minimum Gasteiger partial charge on any atom is -0.478 e. The lowest BCUT2D eigenvalue weighted by atomic mass is 10.3. The Hall–Kier alpha value is -2.25. The Balaban J connectivity index is 2.60. The molecule has 8 nitrogen and oxygen atoms in total. The number of hydrogen-bond acceptors (Lipinski definition) is 6. The monoisotopic (exact) mass is 205 g/mol. The van der Waals surface area contributed by atoms with Gasteiger partial charge >= 0.3 is 0 Å². The van der Waals surface area contributed by atoms with Gasteiger partial charge < -0.3 is 4.74 Å². The molecule has 0 aromatic carbocycles. The zero-order valence-corrected chi connectivity index (χ0v) is 8.12. The van der Waals surface area contributed by atoms with Crippen molar-refractivity contribution in [1.29, 1.82) is 0 Å². The maximum Gasteiger partial charge on any atom is 0.259 e. The molecule has 0 atom stereocenters. The molecular weight excluding hydrogens is 198 g/mol. The van der Waals surface area contributed by atoms with Gasteiger partial charge in [0.15, 0.2) is 0 Å². The molecule has 8 heteroatoms. The molecule has 3 rings (SSSR count). The van der Waals surface area contributed by atoms with E-state index in [1.54, 1.807) is 18.0 Å². The fourth-order valence-corrected chi connectivity index (χ4v) is 1.54. The van der Waals surface area contributed by atoms with Gasteiger partial charge in [0.25, 0.3) is 5.88 Å². The molecule has 0 N–H and O–H groups in total. The first-order chi connectivity index (χ1) is 7.31. The van der Waals surface area contributed by atoms with Gasteiger partial charge in [0, 0.05) is 7.05 Å². The topological polar surface area (TPSA) is 83.0 Å². The maximum absolute atomic E-state index is 5.16. The lowest BCUT2D eigenvalue weighted by Crippen LogP contribution is -2.01. The van der Waals surface area contributed by atoms with Gasteiger partial charge in [-0.3, -0.25) is 4.68 Å². The van der Waals surface area contributed by atoms with Crippen molar-refractivity contribution >= 4 is 16.6 Å². The van der Waals surface area contributed by atoms with Gasteiger partial charge in [-0.25, -0.2) is 0 Å². The van der Waals surface area contributed by atoms with E-state index in [-0.39, 0.29) is 0 Å². The van der Waals surface area contributed by atoms with Crippen LogP contribution in [0.25, 0.3) is 16.6 Å². The van der Waals surface area contributed by atoms with Crippen molar-refractivity contribution in [2.75, 3.05) is 7.11 Å². The highest BCUT2D eigenvalue weighted by molar-refractivity contribution is 5.93. The average molecular weight is 205 g/mol. The van der Waals surface area contributed by atoms with Crippen LogP contribution in [0.15, 0.2) is 6.20 Å². The van der Waals surface area contributed by atoms with Crippen LogP contribution in [0.2, 0.25) is 0 Å². The van der Waals surface area contributed by atoms with E-state index in [0.717, 1.165) is 10.9 Å². The standard InChI is InChI=1S/C7H7N7O/c1-13-5-4(3-8-13)6-9-11-12-14(6)10-7(5)15-2/h3H,1-2H3. The van der Waals surface area contributed by atoms with E-state index in [1.165, 1.54) is 4.63 Å². The van der Waals surface area contributed by atoms with Gasteiger partial charge in [-0.1, -0.05) is 0 Å². The minimum atomic E-state index is 0.449. The van der Waals surface area contributed by atoms with E-state index in [1.807, 2.05) is 7.05 Å². The molecule has 0 bridgehead atoms. The number of rotatable bonds is 1. The van der Waals surface area contributed by atoms with E-state index in [4.69, 9.17) is 4.74 Å². The number of aromatic nitrogens is 7. The smallest absolute Gasteiger partial charge is 0.259 e. The van der Waals surface area contributed by atoms with Gasteiger partial charge in [0.05, 0.1) is 18.7 Å². The van der Waals surface area contributed by atoms with E-state index >= 15 is 0 Å². The second-order valence-electron chi connectivity index (χ2n) is 3.03. The summed E-state index contributed by atoms with van der Waals surface area (Å²) in [5.74, 6) is 0.449. The Labute approximate surface area is 83.4 Å². The van der Waals surface area contributed by atoms with E-state index in [9.17, 15) is 0 Å². The second-order valence-corrected chi connectivity index (χ2v) is 3.03. The Morgan fingerprint density at radius 3 is 3.07 bits per heavy atom. The van der Waals surface area contributed by atoms with Crippen LogP contribution in [0.4, 0.5) is 0 Å². The van der Waals surface area contributed by atoms with Crippen LogP contribution in [0.3, 0.4) is 0 Å². The predicted octanol–water partition coefficient (Wildman–Crippen LogP) is -0.585. The molecular formula is C7H7N7O. The van der Waals surface area contributed by atoms with E-state index < -0.39 is 0 Å². The van der Waals surface area contributed by atoms with E-state index in [0.29, 0.717) is 11.5 Å². The normalized spacial score (nSPS) is 11.3. The number of tetrazole rings is 1. The van der Waals surface area contributed by atoms with Crippen molar-refractivity contribution in [3.05, 3.63) is 6.20 Å². The maximum atomic E-state index is 5.16. The molecule has 3 aromatic rings. The first-order valence-electron chi connectivity index (χ1n) is 4.25. The number of hydrogen-bond donors (Lipinski definition) is 0. The third-order valence-electron chi connectivity index (χ3n) is 2.21. The zero-order chi connectivity index (χ0) is 10.4. The molecule has 0 fully saturated rings. The zero-order valence-electron chi connectivity index (χ0n) is 8.12. The summed E-state index contributed by atoms with van der Waals surface area (Å²) in [5, 5.41) is 20.2. The second kappa shape index (κ2) is 2.62. The van der Waals surface area contributed by atoms with Gasteiger partial charge in [-0.2, -0.15) is 5.10 Å². The first-order valence-corrected chi connectivity index (χ1v) is 4.25. The van der Waals surface area contributed by atoms with Crippen LogP contribution < -0.4 is 4.74 Å². The molecule has 0 amide bonds. The highest BCUT2D eigenvalue weighted by Gasteiger charge is 2.14. The van der Waals surface area contributed by atoms with Crippen molar-refractivity contribution in [2.24, 2.45) is 7.05 Å². The summed E-state index contributed by atoms with van der Waals surface area (Å²) in [4.78, 5) is 0. The fourth-order valence-electron chi connectivity index (χ4n) is 1.54.